The van der Waals surface area contributed by atoms with Crippen LogP contribution in [-0.2, 0) is 16.0 Å². The van der Waals surface area contributed by atoms with Gasteiger partial charge in [0.25, 0.3) is 0 Å². The monoisotopic (exact) mass is 368 g/mol. The van der Waals surface area contributed by atoms with Crippen LogP contribution in [0.4, 0.5) is 5.69 Å². The number of ether oxygens (including phenoxy) is 1. The molecule has 0 atom stereocenters. The zero-order chi connectivity index (χ0) is 19.6. The molecule has 0 fully saturated rings. The van der Waals surface area contributed by atoms with Gasteiger partial charge in [-0.1, -0.05) is 12.1 Å². The molecule has 6 heteroatoms. The molecule has 27 heavy (non-hydrogen) atoms. The molecule has 0 saturated heterocycles. The molecule has 0 aliphatic rings. The first kappa shape index (κ1) is 20.2. The van der Waals surface area contributed by atoms with Crippen LogP contribution < -0.4 is 15.4 Å². The van der Waals surface area contributed by atoms with Crippen LogP contribution in [0.1, 0.15) is 35.7 Å². The number of hydrogen-bond donors (Lipinski definition) is 2. The average molecular weight is 368 g/mol. The van der Waals surface area contributed by atoms with Crippen LogP contribution in [0.15, 0.2) is 48.5 Å². The number of nitrogens with one attached hydrogen (secondary N) is 2. The fourth-order valence-electron chi connectivity index (χ4n) is 2.41. The van der Waals surface area contributed by atoms with Crippen molar-refractivity contribution in [2.24, 2.45) is 0 Å². The van der Waals surface area contributed by atoms with Crippen LogP contribution in [0.2, 0.25) is 0 Å². The van der Waals surface area contributed by atoms with Crippen molar-refractivity contribution in [3.63, 3.8) is 0 Å². The van der Waals surface area contributed by atoms with E-state index in [1.54, 1.807) is 43.4 Å². The molecule has 0 aliphatic heterocycles. The van der Waals surface area contributed by atoms with Crippen molar-refractivity contribution in [1.29, 1.82) is 0 Å². The van der Waals surface area contributed by atoms with Crippen molar-refractivity contribution in [1.82, 2.24) is 5.32 Å². The molecule has 0 bridgehead atoms. The maximum Gasteiger partial charge on any atom is 0.224 e. The minimum Gasteiger partial charge on any atom is -0.494 e. The van der Waals surface area contributed by atoms with Gasteiger partial charge in [0, 0.05) is 24.7 Å². The summed E-state index contributed by atoms with van der Waals surface area (Å²) in [6.07, 6.45) is 1.23. The third-order valence-corrected chi connectivity index (χ3v) is 3.96. The normalized spacial score (nSPS) is 10.1. The zero-order valence-electron chi connectivity index (χ0n) is 15.6. The summed E-state index contributed by atoms with van der Waals surface area (Å²) in [5, 5.41) is 5.40. The van der Waals surface area contributed by atoms with Crippen molar-refractivity contribution in [2.75, 3.05) is 19.0 Å². The lowest BCUT2D eigenvalue weighted by Crippen LogP contribution is -2.19. The Bertz CT molecular complexity index is 783. The summed E-state index contributed by atoms with van der Waals surface area (Å²) in [6.45, 7) is 1.93. The molecule has 2 amide bonds. The number of likely N-dealkylation sites (N-methyl/N-ethyl adjacent to an activating group) is 1. The number of amides is 2. The van der Waals surface area contributed by atoms with Gasteiger partial charge < -0.3 is 15.4 Å². The van der Waals surface area contributed by atoms with E-state index < -0.39 is 0 Å². The molecule has 2 rings (SSSR count). The second-order valence-electron chi connectivity index (χ2n) is 6.13. The first-order valence-corrected chi connectivity index (χ1v) is 8.81. The fourth-order valence-corrected chi connectivity index (χ4v) is 2.41. The molecule has 0 aliphatic carbocycles. The highest BCUT2D eigenvalue weighted by atomic mass is 16.5. The van der Waals surface area contributed by atoms with Gasteiger partial charge in [-0.3, -0.25) is 14.4 Å². The number of rotatable bonds is 9. The molecule has 0 aromatic heterocycles. The number of anilines is 1. The van der Waals surface area contributed by atoms with E-state index in [2.05, 4.69) is 10.6 Å². The van der Waals surface area contributed by atoms with Gasteiger partial charge in [-0.05, 0) is 55.3 Å². The van der Waals surface area contributed by atoms with Gasteiger partial charge in [0.05, 0.1) is 13.0 Å². The van der Waals surface area contributed by atoms with E-state index in [0.717, 1.165) is 5.56 Å². The van der Waals surface area contributed by atoms with E-state index in [9.17, 15) is 14.4 Å². The van der Waals surface area contributed by atoms with Gasteiger partial charge >= 0.3 is 0 Å². The quantitative estimate of drug-likeness (QED) is 0.526. The molecule has 2 N–H and O–H groups in total. The minimum absolute atomic E-state index is 0.0138. The predicted octanol–water partition coefficient (Wildman–Crippen LogP) is 2.98. The van der Waals surface area contributed by atoms with Crippen LogP contribution >= 0.6 is 0 Å². The van der Waals surface area contributed by atoms with E-state index in [1.807, 2.05) is 12.1 Å². The summed E-state index contributed by atoms with van der Waals surface area (Å²) >= 11 is 0. The third-order valence-electron chi connectivity index (χ3n) is 3.96. The Morgan fingerprint density at radius 3 is 2.19 bits per heavy atom. The van der Waals surface area contributed by atoms with Gasteiger partial charge in [0.2, 0.25) is 11.8 Å². The summed E-state index contributed by atoms with van der Waals surface area (Å²) in [5.74, 6) is 0.541. The lowest BCUT2D eigenvalue weighted by Gasteiger charge is -2.08. The Balaban J connectivity index is 1.70. The molecule has 0 radical (unpaired) electrons. The Morgan fingerprint density at radius 2 is 1.59 bits per heavy atom. The third kappa shape index (κ3) is 6.93. The number of carbonyl (C=O) groups is 3. The number of Topliss-reactive ketones (excluding diaryl/α,β-unsaturated/α-hetero) is 1. The van der Waals surface area contributed by atoms with Crippen molar-refractivity contribution in [3.8, 4) is 5.75 Å². The summed E-state index contributed by atoms with van der Waals surface area (Å²) < 4.78 is 5.58. The van der Waals surface area contributed by atoms with Crippen LogP contribution in [0.5, 0.6) is 5.75 Å². The first-order valence-electron chi connectivity index (χ1n) is 8.81. The summed E-state index contributed by atoms with van der Waals surface area (Å²) in [4.78, 5) is 34.5. The van der Waals surface area contributed by atoms with E-state index in [4.69, 9.17) is 4.74 Å². The zero-order valence-corrected chi connectivity index (χ0v) is 15.6. The van der Waals surface area contributed by atoms with Crippen LogP contribution in [-0.4, -0.2) is 31.3 Å². The second kappa shape index (κ2) is 10.1. The Hall–Kier alpha value is -3.15. The Morgan fingerprint density at radius 1 is 0.926 bits per heavy atom. The maximum atomic E-state index is 12.0. The largest absolute Gasteiger partial charge is 0.494 e. The fraction of sp³-hybridized carbons (Fsp3) is 0.286. The van der Waals surface area contributed by atoms with Crippen LogP contribution in [0, 0.1) is 0 Å². The molecule has 0 heterocycles. The molecular weight excluding hydrogens is 344 g/mol. The number of ketones is 1. The van der Waals surface area contributed by atoms with E-state index in [1.165, 1.54) is 6.92 Å². The van der Waals surface area contributed by atoms with Crippen molar-refractivity contribution in [2.45, 2.75) is 26.2 Å². The van der Waals surface area contributed by atoms with Crippen LogP contribution in [0.3, 0.4) is 0 Å². The van der Waals surface area contributed by atoms with Crippen molar-refractivity contribution < 1.29 is 19.1 Å². The van der Waals surface area contributed by atoms with Gasteiger partial charge in [-0.2, -0.15) is 0 Å². The smallest absolute Gasteiger partial charge is 0.224 e. The summed E-state index contributed by atoms with van der Waals surface area (Å²) in [6, 6.07) is 14.1. The number of hydrogen-bond acceptors (Lipinski definition) is 4. The molecular formula is C21H24N2O4. The SMILES string of the molecule is CNC(=O)Cc1ccc(NC(=O)CCCOc2ccc(C(C)=O)cc2)cc1. The minimum atomic E-state index is -0.0930. The highest BCUT2D eigenvalue weighted by molar-refractivity contribution is 5.94. The predicted molar refractivity (Wildman–Crippen MR) is 104 cm³/mol. The molecule has 2 aromatic rings. The molecule has 0 saturated carbocycles. The van der Waals surface area contributed by atoms with Crippen molar-refractivity contribution in [3.05, 3.63) is 59.7 Å². The summed E-state index contributed by atoms with van der Waals surface area (Å²) in [7, 11) is 1.60. The highest BCUT2D eigenvalue weighted by Gasteiger charge is 2.05. The van der Waals surface area contributed by atoms with Gasteiger partial charge in [-0.25, -0.2) is 0 Å². The maximum absolute atomic E-state index is 12.0. The Kier molecular flexibility index (Phi) is 7.55. The van der Waals surface area contributed by atoms with Crippen LogP contribution in [0.25, 0.3) is 0 Å². The molecule has 6 nitrogen and oxygen atoms in total. The van der Waals surface area contributed by atoms with Gasteiger partial charge in [0.1, 0.15) is 5.75 Å². The molecule has 2 aromatic carbocycles. The standard InChI is InChI=1S/C21H24N2O4/c1-15(24)17-7-11-19(12-8-17)27-13-3-4-20(25)23-18-9-5-16(6-10-18)14-21(26)22-2/h5-12H,3-4,13-14H2,1-2H3,(H,22,26)(H,23,25). The molecule has 0 unspecified atom stereocenters. The van der Waals surface area contributed by atoms with Crippen molar-refractivity contribution >= 4 is 23.3 Å². The van der Waals surface area contributed by atoms with Gasteiger partial charge in [0.15, 0.2) is 5.78 Å². The van der Waals surface area contributed by atoms with Gasteiger partial charge in [-0.15, -0.1) is 0 Å². The number of benzene rings is 2. The lowest BCUT2D eigenvalue weighted by molar-refractivity contribution is -0.120. The number of carbonyl (C=O) groups excluding carboxylic acids is 3. The second-order valence-corrected chi connectivity index (χ2v) is 6.13. The first-order chi connectivity index (χ1) is 13.0. The topological polar surface area (TPSA) is 84.5 Å². The van der Waals surface area contributed by atoms with E-state index >= 15 is 0 Å². The average Bonchev–Trinajstić information content (AvgIpc) is 2.67. The Labute approximate surface area is 158 Å². The lowest BCUT2D eigenvalue weighted by atomic mass is 10.1. The van der Waals surface area contributed by atoms with E-state index in [0.29, 0.717) is 42.9 Å². The molecule has 0 spiro atoms. The highest BCUT2D eigenvalue weighted by Crippen LogP contribution is 2.14. The molecule has 142 valence electrons. The van der Waals surface area contributed by atoms with E-state index in [-0.39, 0.29) is 17.6 Å². The summed E-state index contributed by atoms with van der Waals surface area (Å²) in [5.41, 5.74) is 2.22.